The Morgan fingerprint density at radius 3 is 2.42 bits per heavy atom. The summed E-state index contributed by atoms with van der Waals surface area (Å²) >= 11 is 3.45. The number of aromatic nitrogens is 1. The van der Waals surface area contributed by atoms with Crippen molar-refractivity contribution in [2.45, 2.75) is 6.23 Å². The van der Waals surface area contributed by atoms with Crippen molar-refractivity contribution in [2.24, 2.45) is 0 Å². The normalized spacial score (nSPS) is 17.4. The Morgan fingerprint density at radius 2 is 1.67 bits per heavy atom. The molecule has 0 N–H and O–H groups in total. The van der Waals surface area contributed by atoms with Crippen molar-refractivity contribution in [3.63, 3.8) is 0 Å². The summed E-state index contributed by atoms with van der Waals surface area (Å²) in [6.45, 7) is 1.45. The predicted molar refractivity (Wildman–Crippen MR) is 95.9 cm³/mol. The standard InChI is InChI=1S/C19H16BrFN2O/c20-15-1-5-17(6-2-15)22-10-9-14(13-22)19-23(11-12-24-19)18-7-3-16(21)4-8-18/h1-10,13,19H,11-12H2/t19-/m0/s1. The van der Waals surface area contributed by atoms with Crippen molar-refractivity contribution >= 4 is 21.6 Å². The molecular formula is C19H16BrFN2O. The van der Waals surface area contributed by atoms with Crippen molar-refractivity contribution in [2.75, 3.05) is 18.1 Å². The summed E-state index contributed by atoms with van der Waals surface area (Å²) in [5.41, 5.74) is 3.14. The van der Waals surface area contributed by atoms with Gasteiger partial charge in [0.05, 0.1) is 6.61 Å². The lowest BCUT2D eigenvalue weighted by molar-refractivity contribution is 0.114. The van der Waals surface area contributed by atoms with Crippen LogP contribution in [0.3, 0.4) is 0 Å². The van der Waals surface area contributed by atoms with Gasteiger partial charge in [-0.2, -0.15) is 0 Å². The van der Waals surface area contributed by atoms with E-state index in [0.29, 0.717) is 6.61 Å². The predicted octanol–water partition coefficient (Wildman–Crippen LogP) is 4.91. The van der Waals surface area contributed by atoms with Gasteiger partial charge in [0.1, 0.15) is 5.82 Å². The molecule has 0 bridgehead atoms. The number of anilines is 1. The molecule has 0 aliphatic carbocycles. The van der Waals surface area contributed by atoms with E-state index in [-0.39, 0.29) is 12.0 Å². The topological polar surface area (TPSA) is 17.4 Å². The first-order chi connectivity index (χ1) is 11.7. The lowest BCUT2D eigenvalue weighted by Gasteiger charge is -2.24. The van der Waals surface area contributed by atoms with Crippen LogP contribution >= 0.6 is 15.9 Å². The number of halogens is 2. The average molecular weight is 387 g/mol. The van der Waals surface area contributed by atoms with Crippen LogP contribution in [0.2, 0.25) is 0 Å². The van der Waals surface area contributed by atoms with Gasteiger partial charge in [-0.25, -0.2) is 4.39 Å². The highest BCUT2D eigenvalue weighted by Crippen LogP contribution is 2.32. The molecule has 1 aliphatic rings. The highest BCUT2D eigenvalue weighted by Gasteiger charge is 2.27. The summed E-state index contributed by atoms with van der Waals surface area (Å²) in [6.07, 6.45) is 3.96. The van der Waals surface area contributed by atoms with Crippen molar-refractivity contribution in [3.05, 3.63) is 82.8 Å². The minimum absolute atomic E-state index is 0.146. The first-order valence-corrected chi connectivity index (χ1v) is 8.58. The highest BCUT2D eigenvalue weighted by molar-refractivity contribution is 9.10. The molecule has 1 aromatic heterocycles. The third-order valence-corrected chi connectivity index (χ3v) is 4.70. The summed E-state index contributed by atoms with van der Waals surface area (Å²) in [5, 5.41) is 0. The van der Waals surface area contributed by atoms with E-state index < -0.39 is 0 Å². The molecule has 2 heterocycles. The molecule has 1 aliphatic heterocycles. The lowest BCUT2D eigenvalue weighted by Crippen LogP contribution is -2.22. The molecule has 0 spiro atoms. The zero-order valence-electron chi connectivity index (χ0n) is 12.9. The second kappa shape index (κ2) is 6.42. The van der Waals surface area contributed by atoms with Crippen LogP contribution in [0.25, 0.3) is 5.69 Å². The summed E-state index contributed by atoms with van der Waals surface area (Å²) in [6, 6.07) is 16.8. The Labute approximate surface area is 148 Å². The van der Waals surface area contributed by atoms with E-state index in [4.69, 9.17) is 4.74 Å². The van der Waals surface area contributed by atoms with Gasteiger partial charge < -0.3 is 14.2 Å². The van der Waals surface area contributed by atoms with Crippen molar-refractivity contribution in [1.29, 1.82) is 0 Å². The molecule has 4 rings (SSSR count). The first-order valence-electron chi connectivity index (χ1n) is 7.78. The molecular weight excluding hydrogens is 371 g/mol. The SMILES string of the molecule is Fc1ccc(N2CCO[C@H]2c2ccn(-c3ccc(Br)cc3)c2)cc1. The van der Waals surface area contributed by atoms with Crippen LogP contribution in [0, 0.1) is 5.82 Å². The molecule has 0 unspecified atom stereocenters. The van der Waals surface area contributed by atoms with Crippen molar-refractivity contribution < 1.29 is 9.13 Å². The smallest absolute Gasteiger partial charge is 0.158 e. The van der Waals surface area contributed by atoms with Crippen LogP contribution in [-0.4, -0.2) is 17.7 Å². The molecule has 0 saturated carbocycles. The number of hydrogen-bond acceptors (Lipinski definition) is 2. The first kappa shape index (κ1) is 15.4. The number of rotatable bonds is 3. The molecule has 3 nitrogen and oxygen atoms in total. The summed E-state index contributed by atoms with van der Waals surface area (Å²) < 4.78 is 22.2. The molecule has 0 amide bonds. The van der Waals surface area contributed by atoms with Crippen LogP contribution < -0.4 is 4.90 Å². The van der Waals surface area contributed by atoms with Crippen LogP contribution in [0.1, 0.15) is 11.8 Å². The maximum Gasteiger partial charge on any atom is 0.158 e. The molecule has 3 aromatic rings. The monoisotopic (exact) mass is 386 g/mol. The zero-order valence-corrected chi connectivity index (χ0v) is 14.5. The number of nitrogens with zero attached hydrogens (tertiary/aromatic N) is 2. The van der Waals surface area contributed by atoms with E-state index in [1.807, 2.05) is 18.3 Å². The highest BCUT2D eigenvalue weighted by atomic mass is 79.9. The Bertz CT molecular complexity index is 829. The van der Waals surface area contributed by atoms with Gasteiger partial charge in [0.25, 0.3) is 0 Å². The molecule has 2 aromatic carbocycles. The number of benzene rings is 2. The minimum atomic E-state index is -0.225. The largest absolute Gasteiger partial charge is 0.352 e. The van der Waals surface area contributed by atoms with E-state index in [1.54, 1.807) is 12.1 Å². The maximum atomic E-state index is 13.2. The van der Waals surface area contributed by atoms with E-state index in [1.165, 1.54) is 12.1 Å². The molecule has 1 fully saturated rings. The fourth-order valence-corrected chi connectivity index (χ4v) is 3.24. The summed E-state index contributed by atoms with van der Waals surface area (Å²) in [4.78, 5) is 2.15. The second-order valence-electron chi connectivity index (χ2n) is 5.72. The second-order valence-corrected chi connectivity index (χ2v) is 6.64. The third kappa shape index (κ3) is 2.97. The molecule has 122 valence electrons. The fraction of sp³-hybridized carbons (Fsp3) is 0.158. The van der Waals surface area contributed by atoms with Gasteiger partial charge in [0.2, 0.25) is 0 Å². The van der Waals surface area contributed by atoms with Crippen LogP contribution in [0.5, 0.6) is 0 Å². The molecule has 1 saturated heterocycles. The van der Waals surface area contributed by atoms with Crippen LogP contribution in [-0.2, 0) is 4.74 Å². The number of hydrogen-bond donors (Lipinski definition) is 0. The quantitative estimate of drug-likeness (QED) is 0.635. The zero-order chi connectivity index (χ0) is 16.5. The summed E-state index contributed by atoms with van der Waals surface area (Å²) in [7, 11) is 0. The van der Waals surface area contributed by atoms with Crippen LogP contribution in [0.15, 0.2) is 71.5 Å². The third-order valence-electron chi connectivity index (χ3n) is 4.17. The van der Waals surface area contributed by atoms with Gasteiger partial charge in [0, 0.05) is 40.3 Å². The Balaban J connectivity index is 1.61. The molecule has 1 atom stereocenters. The van der Waals surface area contributed by atoms with E-state index in [9.17, 15) is 4.39 Å². The molecule has 5 heteroatoms. The Kier molecular flexibility index (Phi) is 4.12. The molecule has 0 radical (unpaired) electrons. The van der Waals surface area contributed by atoms with Gasteiger partial charge in [-0.3, -0.25) is 0 Å². The van der Waals surface area contributed by atoms with Crippen molar-refractivity contribution in [3.8, 4) is 5.69 Å². The van der Waals surface area contributed by atoms with Crippen molar-refractivity contribution in [1.82, 2.24) is 4.57 Å². The van der Waals surface area contributed by atoms with Gasteiger partial charge >= 0.3 is 0 Å². The van der Waals surface area contributed by atoms with Crippen LogP contribution in [0.4, 0.5) is 10.1 Å². The Hall–Kier alpha value is -2.11. The van der Waals surface area contributed by atoms with E-state index in [2.05, 4.69) is 49.8 Å². The lowest BCUT2D eigenvalue weighted by atomic mass is 10.2. The van der Waals surface area contributed by atoms with E-state index in [0.717, 1.165) is 28.0 Å². The van der Waals surface area contributed by atoms with E-state index >= 15 is 0 Å². The summed E-state index contributed by atoms with van der Waals surface area (Å²) in [5.74, 6) is -0.225. The average Bonchev–Trinajstić information content (AvgIpc) is 3.25. The minimum Gasteiger partial charge on any atom is -0.352 e. The van der Waals surface area contributed by atoms with Gasteiger partial charge in [-0.1, -0.05) is 15.9 Å². The fourth-order valence-electron chi connectivity index (χ4n) is 2.98. The Morgan fingerprint density at radius 1 is 0.958 bits per heavy atom. The number of ether oxygens (including phenoxy) is 1. The van der Waals surface area contributed by atoms with Gasteiger partial charge in [-0.05, 0) is 54.6 Å². The van der Waals surface area contributed by atoms with Gasteiger partial charge in [-0.15, -0.1) is 0 Å². The molecule has 24 heavy (non-hydrogen) atoms. The van der Waals surface area contributed by atoms with Gasteiger partial charge in [0.15, 0.2) is 6.23 Å². The maximum absolute atomic E-state index is 13.2.